The molecule has 1 aromatic rings. The molecule has 0 atom stereocenters. The number of aryl methyl sites for hydroxylation is 1. The van der Waals surface area contributed by atoms with Crippen molar-refractivity contribution >= 4 is 5.97 Å². The van der Waals surface area contributed by atoms with Crippen LogP contribution in [0.1, 0.15) is 29.4 Å². The Hall–Kier alpha value is -1.36. The summed E-state index contributed by atoms with van der Waals surface area (Å²) in [6, 6.07) is 0. The van der Waals surface area contributed by atoms with Crippen LogP contribution in [0.25, 0.3) is 0 Å². The standard InChI is InChI=1S/C10H16N2O3/c1-3-15-6-4-5-12-8(2)9(7-11-12)10(13)14/h7H,3-6H2,1-2H3,(H,13,14). The topological polar surface area (TPSA) is 64.4 Å². The summed E-state index contributed by atoms with van der Waals surface area (Å²) in [5.41, 5.74) is 0.963. The van der Waals surface area contributed by atoms with E-state index >= 15 is 0 Å². The molecule has 5 heteroatoms. The van der Waals surface area contributed by atoms with Crippen LogP contribution in [-0.2, 0) is 11.3 Å². The lowest BCUT2D eigenvalue weighted by Gasteiger charge is -2.04. The van der Waals surface area contributed by atoms with Gasteiger partial charge in [-0.2, -0.15) is 5.10 Å². The van der Waals surface area contributed by atoms with Crippen molar-refractivity contribution in [3.05, 3.63) is 17.5 Å². The predicted octanol–water partition coefficient (Wildman–Crippen LogP) is 1.32. The Morgan fingerprint density at radius 2 is 2.40 bits per heavy atom. The molecule has 84 valence electrons. The van der Waals surface area contributed by atoms with E-state index in [0.717, 1.165) is 6.42 Å². The van der Waals surface area contributed by atoms with Crippen LogP contribution in [0, 0.1) is 6.92 Å². The number of carboxylic acids is 1. The maximum absolute atomic E-state index is 10.7. The molecule has 0 fully saturated rings. The maximum atomic E-state index is 10.7. The van der Waals surface area contributed by atoms with Gasteiger partial charge in [-0.1, -0.05) is 0 Å². The minimum absolute atomic E-state index is 0.270. The highest BCUT2D eigenvalue weighted by atomic mass is 16.5. The maximum Gasteiger partial charge on any atom is 0.339 e. The van der Waals surface area contributed by atoms with E-state index in [2.05, 4.69) is 5.10 Å². The van der Waals surface area contributed by atoms with Crippen LogP contribution in [0.4, 0.5) is 0 Å². The fraction of sp³-hybridized carbons (Fsp3) is 0.600. The fourth-order valence-electron chi connectivity index (χ4n) is 1.34. The first kappa shape index (κ1) is 11.7. The number of rotatable bonds is 6. The number of aromatic nitrogens is 2. The molecule has 0 amide bonds. The molecule has 0 saturated carbocycles. The van der Waals surface area contributed by atoms with E-state index in [9.17, 15) is 4.79 Å². The van der Waals surface area contributed by atoms with Crippen LogP contribution in [0.5, 0.6) is 0 Å². The number of hydrogen-bond donors (Lipinski definition) is 1. The summed E-state index contributed by atoms with van der Waals surface area (Å²) in [6.07, 6.45) is 2.23. The third-order valence-electron chi connectivity index (χ3n) is 2.20. The monoisotopic (exact) mass is 212 g/mol. The molecule has 0 aliphatic heterocycles. The van der Waals surface area contributed by atoms with E-state index in [0.29, 0.717) is 25.5 Å². The number of nitrogens with zero attached hydrogens (tertiary/aromatic N) is 2. The van der Waals surface area contributed by atoms with Crippen molar-refractivity contribution in [2.45, 2.75) is 26.8 Å². The summed E-state index contributed by atoms with van der Waals surface area (Å²) < 4.78 is 6.89. The summed E-state index contributed by atoms with van der Waals surface area (Å²) >= 11 is 0. The predicted molar refractivity (Wildman–Crippen MR) is 55.0 cm³/mol. The second-order valence-corrected chi connectivity index (χ2v) is 3.22. The van der Waals surface area contributed by atoms with Gasteiger partial charge in [-0.15, -0.1) is 0 Å². The Labute approximate surface area is 88.7 Å². The molecule has 1 rings (SSSR count). The van der Waals surface area contributed by atoms with Gasteiger partial charge < -0.3 is 9.84 Å². The average molecular weight is 212 g/mol. The minimum atomic E-state index is -0.927. The fourth-order valence-corrected chi connectivity index (χ4v) is 1.34. The van der Waals surface area contributed by atoms with E-state index in [1.165, 1.54) is 6.20 Å². The van der Waals surface area contributed by atoms with Gasteiger partial charge in [0.2, 0.25) is 0 Å². The van der Waals surface area contributed by atoms with E-state index < -0.39 is 5.97 Å². The normalized spacial score (nSPS) is 10.5. The lowest BCUT2D eigenvalue weighted by atomic mass is 10.2. The highest BCUT2D eigenvalue weighted by Gasteiger charge is 2.11. The Kier molecular flexibility index (Phi) is 4.30. The van der Waals surface area contributed by atoms with Crippen LogP contribution in [0.3, 0.4) is 0 Å². The Bertz CT molecular complexity index is 333. The first-order valence-electron chi connectivity index (χ1n) is 5.00. The summed E-state index contributed by atoms with van der Waals surface area (Å²) in [5, 5.41) is 12.8. The molecule has 0 aliphatic rings. The molecule has 0 aliphatic carbocycles. The molecule has 5 nitrogen and oxygen atoms in total. The number of carbonyl (C=O) groups is 1. The summed E-state index contributed by atoms with van der Waals surface area (Å²) in [6.45, 7) is 5.79. The molecule has 0 aromatic carbocycles. The van der Waals surface area contributed by atoms with Gasteiger partial charge in [-0.25, -0.2) is 4.79 Å². The second-order valence-electron chi connectivity index (χ2n) is 3.22. The van der Waals surface area contributed by atoms with Gasteiger partial charge in [-0.05, 0) is 20.3 Å². The van der Waals surface area contributed by atoms with Crippen LogP contribution in [0.2, 0.25) is 0 Å². The second kappa shape index (κ2) is 5.50. The molecule has 1 N–H and O–H groups in total. The largest absolute Gasteiger partial charge is 0.478 e. The third-order valence-corrected chi connectivity index (χ3v) is 2.20. The van der Waals surface area contributed by atoms with Gasteiger partial charge in [0.1, 0.15) is 5.56 Å². The zero-order valence-electron chi connectivity index (χ0n) is 9.06. The van der Waals surface area contributed by atoms with Gasteiger partial charge in [0.05, 0.1) is 6.20 Å². The van der Waals surface area contributed by atoms with Gasteiger partial charge in [0.25, 0.3) is 0 Å². The molecule has 0 bridgehead atoms. The SMILES string of the molecule is CCOCCCn1ncc(C(=O)O)c1C. The van der Waals surface area contributed by atoms with Gasteiger partial charge >= 0.3 is 5.97 Å². The number of aromatic carboxylic acids is 1. The van der Waals surface area contributed by atoms with Crippen molar-refractivity contribution in [3.8, 4) is 0 Å². The smallest absolute Gasteiger partial charge is 0.339 e. The number of carboxylic acid groups (broad SMARTS) is 1. The van der Waals surface area contributed by atoms with Crippen molar-refractivity contribution in [2.75, 3.05) is 13.2 Å². The molecule has 0 unspecified atom stereocenters. The highest BCUT2D eigenvalue weighted by molar-refractivity contribution is 5.88. The van der Waals surface area contributed by atoms with Gasteiger partial charge in [0.15, 0.2) is 0 Å². The van der Waals surface area contributed by atoms with Crippen LogP contribution in [-0.4, -0.2) is 34.1 Å². The van der Waals surface area contributed by atoms with Crippen LogP contribution >= 0.6 is 0 Å². The quantitative estimate of drug-likeness (QED) is 0.722. The summed E-state index contributed by atoms with van der Waals surface area (Å²) in [4.78, 5) is 10.7. The molecule has 1 heterocycles. The van der Waals surface area contributed by atoms with Gasteiger partial charge in [0, 0.05) is 25.5 Å². The van der Waals surface area contributed by atoms with Crippen LogP contribution in [0.15, 0.2) is 6.20 Å². The number of ether oxygens (including phenoxy) is 1. The van der Waals surface area contributed by atoms with Crippen molar-refractivity contribution < 1.29 is 14.6 Å². The average Bonchev–Trinajstić information content (AvgIpc) is 2.55. The minimum Gasteiger partial charge on any atom is -0.478 e. The Balaban J connectivity index is 2.51. The zero-order chi connectivity index (χ0) is 11.3. The Morgan fingerprint density at radius 1 is 1.67 bits per heavy atom. The van der Waals surface area contributed by atoms with Gasteiger partial charge in [-0.3, -0.25) is 4.68 Å². The summed E-state index contributed by atoms with van der Waals surface area (Å²) in [7, 11) is 0. The third kappa shape index (κ3) is 3.06. The van der Waals surface area contributed by atoms with Crippen molar-refractivity contribution in [1.82, 2.24) is 9.78 Å². The van der Waals surface area contributed by atoms with Crippen LogP contribution < -0.4 is 0 Å². The summed E-state index contributed by atoms with van der Waals surface area (Å²) in [5.74, 6) is -0.927. The van der Waals surface area contributed by atoms with E-state index in [1.807, 2.05) is 6.92 Å². The van der Waals surface area contributed by atoms with Crippen molar-refractivity contribution in [2.24, 2.45) is 0 Å². The molecular weight excluding hydrogens is 196 g/mol. The first-order chi connectivity index (χ1) is 7.16. The molecule has 0 radical (unpaired) electrons. The van der Waals surface area contributed by atoms with E-state index in [1.54, 1.807) is 11.6 Å². The molecule has 0 spiro atoms. The lowest BCUT2D eigenvalue weighted by Crippen LogP contribution is -2.07. The van der Waals surface area contributed by atoms with Crippen molar-refractivity contribution in [1.29, 1.82) is 0 Å². The number of hydrogen-bond acceptors (Lipinski definition) is 3. The van der Waals surface area contributed by atoms with E-state index in [4.69, 9.17) is 9.84 Å². The molecule has 1 aromatic heterocycles. The zero-order valence-corrected chi connectivity index (χ0v) is 9.06. The lowest BCUT2D eigenvalue weighted by molar-refractivity contribution is 0.0696. The molecule has 0 saturated heterocycles. The first-order valence-corrected chi connectivity index (χ1v) is 5.00. The van der Waals surface area contributed by atoms with Crippen molar-refractivity contribution in [3.63, 3.8) is 0 Å². The molecular formula is C10H16N2O3. The van der Waals surface area contributed by atoms with E-state index in [-0.39, 0.29) is 5.56 Å². The molecule has 15 heavy (non-hydrogen) atoms. The highest BCUT2D eigenvalue weighted by Crippen LogP contribution is 2.07. The Morgan fingerprint density at radius 3 is 2.93 bits per heavy atom.